The van der Waals surface area contributed by atoms with Gasteiger partial charge >= 0.3 is 23.9 Å². The predicted molar refractivity (Wildman–Crippen MR) is 49.8 cm³/mol. The second-order valence-corrected chi connectivity index (χ2v) is 2.60. The van der Waals surface area contributed by atoms with Crippen molar-refractivity contribution in [2.24, 2.45) is 0 Å². The number of carboxylic acid groups (broad SMARTS) is 4. The van der Waals surface area contributed by atoms with E-state index in [4.69, 9.17) is 20.4 Å². The van der Waals surface area contributed by atoms with Crippen LogP contribution >= 0.6 is 0 Å². The van der Waals surface area contributed by atoms with Crippen molar-refractivity contribution >= 4 is 35.4 Å². The number of rotatable bonds is 6. The van der Waals surface area contributed by atoms with Crippen LogP contribution in [-0.4, -0.2) is 55.9 Å². The largest absolute Gasteiger partial charge is 0.481 e. The van der Waals surface area contributed by atoms with Gasteiger partial charge in [0.25, 0.3) is 11.6 Å². The molecule has 0 fully saturated rings. The van der Waals surface area contributed by atoms with Crippen molar-refractivity contribution in [2.45, 2.75) is 12.8 Å². The molecule has 0 amide bonds. The predicted octanol–water partition coefficient (Wildman–Crippen LogP) is -1.77. The first-order chi connectivity index (χ1) is 8.07. The molecule has 19 heavy (non-hydrogen) atoms. The molecule has 10 nitrogen and oxygen atoms in total. The van der Waals surface area contributed by atoms with Gasteiger partial charge in [-0.3, -0.25) is 19.2 Å². The van der Waals surface area contributed by atoms with Crippen LogP contribution in [-0.2, 0) is 49.8 Å². The molecule has 0 aliphatic heterocycles. The van der Waals surface area contributed by atoms with E-state index in [0.29, 0.717) is 0 Å². The Labute approximate surface area is 119 Å². The molecule has 0 atom stereocenters. The summed E-state index contributed by atoms with van der Waals surface area (Å²) >= 11 is 0. The molecule has 0 bridgehead atoms. The minimum atomic E-state index is -1.71. The third-order valence-electron chi connectivity index (χ3n) is 1.10. The summed E-state index contributed by atoms with van der Waals surface area (Å²) in [5, 5.41) is 31.3. The van der Waals surface area contributed by atoms with Gasteiger partial charge in [-0.15, -0.1) is 0 Å². The van der Waals surface area contributed by atoms with Gasteiger partial charge in [0, 0.05) is 21.1 Å². The molecule has 0 aromatic heterocycles. The van der Waals surface area contributed by atoms with E-state index in [1.54, 1.807) is 0 Å². The maximum Gasteiger partial charge on any atom is 0.372 e. The van der Waals surface area contributed by atoms with Gasteiger partial charge in [0.1, 0.15) is 12.8 Å². The summed E-state index contributed by atoms with van der Waals surface area (Å²) in [7, 11) is 0. The van der Waals surface area contributed by atoms with Gasteiger partial charge in [-0.2, -0.15) is 0 Å². The number of carboxylic acids is 4. The topological polar surface area (TPSA) is 183 Å². The van der Waals surface area contributed by atoms with E-state index < -0.39 is 48.3 Å². The summed E-state index contributed by atoms with van der Waals surface area (Å²) < 4.78 is 0. The van der Waals surface area contributed by atoms with Gasteiger partial charge in [-0.1, -0.05) is 0 Å². The van der Waals surface area contributed by atoms with Gasteiger partial charge < -0.3 is 20.4 Å². The van der Waals surface area contributed by atoms with Crippen molar-refractivity contribution < 1.29 is 70.3 Å². The maximum absolute atomic E-state index is 9.97. The molecule has 4 N–H and O–H groups in total. The van der Waals surface area contributed by atoms with Gasteiger partial charge in [0.05, 0.1) is 0 Å². The average molecular weight is 360 g/mol. The van der Waals surface area contributed by atoms with Crippen molar-refractivity contribution in [1.29, 1.82) is 0 Å². The van der Waals surface area contributed by atoms with Gasteiger partial charge in [0.15, 0.2) is 0 Å². The summed E-state index contributed by atoms with van der Waals surface area (Å²) in [5.41, 5.74) is 0. The van der Waals surface area contributed by atoms with E-state index in [-0.39, 0.29) is 21.1 Å². The average Bonchev–Trinajstić information content (AvgIpc) is 2.16. The first-order valence-corrected chi connectivity index (χ1v) is 4.03. The van der Waals surface area contributed by atoms with E-state index in [9.17, 15) is 28.8 Å². The fraction of sp³-hybridized carbons (Fsp3) is 0.250. The van der Waals surface area contributed by atoms with E-state index in [0.717, 1.165) is 0 Å². The molecule has 106 valence electrons. The number of Topliss-reactive ketones (excluding diaryl/α,β-unsaturated/α-hetero) is 2. The Morgan fingerprint density at radius 1 is 0.579 bits per heavy atom. The molecule has 0 saturated carbocycles. The first-order valence-electron chi connectivity index (χ1n) is 4.03. The van der Waals surface area contributed by atoms with E-state index in [2.05, 4.69) is 0 Å². The Hall–Kier alpha value is -2.09. The Morgan fingerprint density at radius 2 is 0.789 bits per heavy atom. The van der Waals surface area contributed by atoms with Crippen molar-refractivity contribution in [2.75, 3.05) is 0 Å². The molecule has 0 aromatic rings. The third kappa shape index (κ3) is 15.9. The Bertz CT molecular complexity index is 360. The third-order valence-corrected chi connectivity index (χ3v) is 1.10. The Morgan fingerprint density at radius 3 is 0.842 bits per heavy atom. The number of carbonyl (C=O) groups excluding carboxylic acids is 2. The van der Waals surface area contributed by atoms with E-state index >= 15 is 0 Å². The second-order valence-electron chi connectivity index (χ2n) is 2.60. The van der Waals surface area contributed by atoms with Crippen LogP contribution in [0.3, 0.4) is 0 Å². The molecule has 0 spiro atoms. The fourth-order valence-electron chi connectivity index (χ4n) is 0.426. The molecule has 0 rings (SSSR count). The van der Waals surface area contributed by atoms with Crippen LogP contribution in [0.15, 0.2) is 0 Å². The van der Waals surface area contributed by atoms with Crippen LogP contribution in [0.4, 0.5) is 0 Å². The maximum atomic E-state index is 9.97. The second kappa shape index (κ2) is 11.0. The van der Waals surface area contributed by atoms with Crippen molar-refractivity contribution in [1.82, 2.24) is 0 Å². The Kier molecular flexibility index (Phi) is 12.8. The first kappa shape index (κ1) is 22.1. The number of ketones is 2. The number of carbonyl (C=O) groups is 6. The molecule has 0 radical (unpaired) electrons. The summed E-state index contributed by atoms with van der Waals surface area (Å²) in [6.45, 7) is 0. The van der Waals surface area contributed by atoms with Crippen LogP contribution in [0.2, 0.25) is 0 Å². The van der Waals surface area contributed by atoms with Gasteiger partial charge in [-0.05, 0) is 0 Å². The van der Waals surface area contributed by atoms with Crippen LogP contribution < -0.4 is 0 Å². The monoisotopic (exact) mass is 362 g/mol. The van der Waals surface area contributed by atoms with Gasteiger partial charge in [-0.25, -0.2) is 9.59 Å². The normalized spacial score (nSPS) is 8.00. The summed E-state index contributed by atoms with van der Waals surface area (Å²) in [6.07, 6.45) is -1.90. The van der Waals surface area contributed by atoms with E-state index in [1.807, 2.05) is 0 Å². The quantitative estimate of drug-likeness (QED) is 0.240. The molecule has 0 saturated heterocycles. The number of aliphatic carboxylic acids is 4. The van der Waals surface area contributed by atoms with Gasteiger partial charge in [0.2, 0.25) is 0 Å². The summed E-state index contributed by atoms with van der Waals surface area (Å²) in [5.74, 6) is -8.88. The minimum Gasteiger partial charge on any atom is -0.481 e. The summed E-state index contributed by atoms with van der Waals surface area (Å²) in [4.78, 5) is 58.4. The van der Waals surface area contributed by atoms with Crippen LogP contribution in [0.5, 0.6) is 0 Å². The molecule has 11 heteroatoms. The Balaban J connectivity index is -0.000000256. The molecular weight excluding hydrogens is 352 g/mol. The molecule has 0 aliphatic rings. The smallest absolute Gasteiger partial charge is 0.372 e. The van der Waals surface area contributed by atoms with Crippen molar-refractivity contribution in [3.8, 4) is 0 Å². The van der Waals surface area contributed by atoms with Crippen LogP contribution in [0.1, 0.15) is 12.8 Å². The van der Waals surface area contributed by atoms with Crippen molar-refractivity contribution in [3.05, 3.63) is 0 Å². The van der Waals surface area contributed by atoms with Crippen LogP contribution in [0.25, 0.3) is 0 Å². The molecular formula is C8H8MoO10. The molecule has 0 heterocycles. The molecule has 0 aliphatic carbocycles. The van der Waals surface area contributed by atoms with Crippen LogP contribution in [0, 0.1) is 0 Å². The zero-order valence-electron chi connectivity index (χ0n) is 9.06. The van der Waals surface area contributed by atoms with Crippen molar-refractivity contribution in [3.63, 3.8) is 0 Å². The molecule has 0 aromatic carbocycles. The standard InChI is InChI=1S/2C4H4O5.Mo/c2*5-2(4(8)9)1-3(6)7;/h2*1H2,(H,6,7)(H,8,9);. The number of hydrogen-bond donors (Lipinski definition) is 4. The fourth-order valence-corrected chi connectivity index (χ4v) is 0.426. The number of hydrogen-bond acceptors (Lipinski definition) is 6. The zero-order chi connectivity index (χ0) is 14.9. The SMILES string of the molecule is O=C(O)CC(=O)C(=O)O.O=C(O)CC(=O)C(=O)O.[Mo]. The summed E-state index contributed by atoms with van der Waals surface area (Å²) in [6, 6.07) is 0. The minimum absolute atomic E-state index is 0. The molecule has 0 unspecified atom stereocenters. The zero-order valence-corrected chi connectivity index (χ0v) is 11.1. The van der Waals surface area contributed by atoms with E-state index in [1.165, 1.54) is 0 Å².